The summed E-state index contributed by atoms with van der Waals surface area (Å²) >= 11 is 0. The molecule has 0 bridgehead atoms. The molecule has 6 heteroatoms. The van der Waals surface area contributed by atoms with Gasteiger partial charge in [-0.3, -0.25) is 4.79 Å². The van der Waals surface area contributed by atoms with Crippen LogP contribution in [0.2, 0.25) is 0 Å². The van der Waals surface area contributed by atoms with Crippen LogP contribution in [0, 0.1) is 5.41 Å². The third kappa shape index (κ3) is 3.18. The third-order valence-electron chi connectivity index (χ3n) is 6.45. The second kappa shape index (κ2) is 6.64. The minimum absolute atomic E-state index is 0.0417. The normalized spacial score (nSPS) is 27.0. The van der Waals surface area contributed by atoms with E-state index in [9.17, 15) is 13.2 Å². The molecule has 1 saturated carbocycles. The average molecular weight is 377 g/mol. The van der Waals surface area contributed by atoms with Gasteiger partial charge in [0.2, 0.25) is 15.9 Å². The third-order valence-corrected chi connectivity index (χ3v) is 8.84. The second-order valence-electron chi connectivity index (χ2n) is 8.16. The predicted octanol–water partition coefficient (Wildman–Crippen LogP) is 2.60. The number of nitrogens with zero attached hydrogens (tertiary/aromatic N) is 2. The number of hydrogen-bond donors (Lipinski definition) is 0. The average Bonchev–Trinajstić information content (AvgIpc) is 3.50. The van der Waals surface area contributed by atoms with Crippen molar-refractivity contribution in [1.82, 2.24) is 9.21 Å². The molecule has 1 spiro atoms. The molecule has 2 heterocycles. The highest BCUT2D eigenvalue weighted by atomic mass is 32.2. The van der Waals surface area contributed by atoms with Crippen LogP contribution in [0.4, 0.5) is 0 Å². The molecule has 142 valence electrons. The zero-order valence-corrected chi connectivity index (χ0v) is 16.2. The van der Waals surface area contributed by atoms with Gasteiger partial charge in [-0.2, -0.15) is 0 Å². The van der Waals surface area contributed by atoms with E-state index in [-0.39, 0.29) is 22.5 Å². The molecule has 4 rings (SSSR count). The summed E-state index contributed by atoms with van der Waals surface area (Å²) in [6.45, 7) is 4.72. The lowest BCUT2D eigenvalue weighted by Gasteiger charge is -2.49. The maximum atomic E-state index is 12.9. The van der Waals surface area contributed by atoms with Crippen LogP contribution in [-0.4, -0.2) is 55.0 Å². The van der Waals surface area contributed by atoms with Crippen LogP contribution in [-0.2, 0) is 14.8 Å². The Hall–Kier alpha value is -1.40. The van der Waals surface area contributed by atoms with Crippen LogP contribution < -0.4 is 0 Å². The van der Waals surface area contributed by atoms with Crippen molar-refractivity contribution in [3.63, 3.8) is 0 Å². The SMILES string of the molecule is CCN1CC2(CCN(S(=O)(=O)C3CC3)CC2)C[C@H](c2ccccc2)C1=O. The van der Waals surface area contributed by atoms with Gasteiger partial charge in [0.25, 0.3) is 0 Å². The number of likely N-dealkylation sites (tertiary alicyclic amines) is 1. The minimum atomic E-state index is -3.09. The molecule has 0 radical (unpaired) electrons. The molecular formula is C20H28N2O3S. The van der Waals surface area contributed by atoms with Crippen LogP contribution >= 0.6 is 0 Å². The molecule has 1 amide bonds. The first kappa shape index (κ1) is 18.0. The Labute approximate surface area is 156 Å². The molecule has 1 aromatic carbocycles. The van der Waals surface area contributed by atoms with E-state index in [1.807, 2.05) is 42.2 Å². The first-order valence-electron chi connectivity index (χ1n) is 9.78. The van der Waals surface area contributed by atoms with Crippen molar-refractivity contribution < 1.29 is 13.2 Å². The Balaban J connectivity index is 1.54. The van der Waals surface area contributed by atoms with E-state index in [2.05, 4.69) is 0 Å². The van der Waals surface area contributed by atoms with Crippen molar-refractivity contribution in [3.8, 4) is 0 Å². The van der Waals surface area contributed by atoms with E-state index < -0.39 is 10.0 Å². The van der Waals surface area contributed by atoms with Gasteiger partial charge in [-0.15, -0.1) is 0 Å². The number of amides is 1. The number of benzene rings is 1. The van der Waals surface area contributed by atoms with Crippen LogP contribution in [0.1, 0.15) is 50.5 Å². The Morgan fingerprint density at radius 3 is 2.35 bits per heavy atom. The fraction of sp³-hybridized carbons (Fsp3) is 0.650. The summed E-state index contributed by atoms with van der Waals surface area (Å²) in [5, 5.41) is -0.131. The molecule has 0 N–H and O–H groups in total. The fourth-order valence-electron chi connectivity index (χ4n) is 4.66. The molecule has 3 aliphatic rings. The lowest BCUT2D eigenvalue weighted by molar-refractivity contribution is -0.141. The summed E-state index contributed by atoms with van der Waals surface area (Å²) in [5.41, 5.74) is 1.13. The van der Waals surface area contributed by atoms with Gasteiger partial charge in [-0.25, -0.2) is 12.7 Å². The molecule has 2 saturated heterocycles. The Morgan fingerprint density at radius 1 is 1.12 bits per heavy atom. The van der Waals surface area contributed by atoms with Crippen molar-refractivity contribution in [2.75, 3.05) is 26.2 Å². The summed E-state index contributed by atoms with van der Waals surface area (Å²) in [6.07, 6.45) is 4.18. The Bertz CT molecular complexity index is 766. The Kier molecular flexibility index (Phi) is 4.59. The van der Waals surface area contributed by atoms with Gasteiger partial charge in [0.05, 0.1) is 11.2 Å². The fourth-order valence-corrected chi connectivity index (χ4v) is 6.50. The number of hydrogen-bond acceptors (Lipinski definition) is 3. The molecule has 0 unspecified atom stereocenters. The highest BCUT2D eigenvalue weighted by Crippen LogP contribution is 2.46. The van der Waals surface area contributed by atoms with E-state index in [0.29, 0.717) is 19.6 Å². The number of carbonyl (C=O) groups is 1. The topological polar surface area (TPSA) is 57.7 Å². The number of likely N-dealkylation sites (N-methyl/N-ethyl adjacent to an activating group) is 1. The van der Waals surface area contributed by atoms with E-state index in [4.69, 9.17) is 0 Å². The number of sulfonamides is 1. The van der Waals surface area contributed by atoms with Gasteiger partial charge in [0, 0.05) is 26.2 Å². The summed E-state index contributed by atoms with van der Waals surface area (Å²) in [4.78, 5) is 14.9. The molecule has 26 heavy (non-hydrogen) atoms. The second-order valence-corrected chi connectivity index (χ2v) is 10.4. The predicted molar refractivity (Wildman–Crippen MR) is 101 cm³/mol. The zero-order valence-electron chi connectivity index (χ0n) is 15.4. The Morgan fingerprint density at radius 2 is 1.77 bits per heavy atom. The minimum Gasteiger partial charge on any atom is -0.342 e. The van der Waals surface area contributed by atoms with E-state index in [0.717, 1.165) is 44.2 Å². The molecule has 1 atom stereocenters. The number of rotatable bonds is 4. The molecule has 3 fully saturated rings. The van der Waals surface area contributed by atoms with Gasteiger partial charge in [-0.05, 0) is 50.0 Å². The molecule has 0 aromatic heterocycles. The van der Waals surface area contributed by atoms with Crippen molar-refractivity contribution in [3.05, 3.63) is 35.9 Å². The van der Waals surface area contributed by atoms with Crippen LogP contribution in [0.15, 0.2) is 30.3 Å². The summed E-state index contributed by atoms with van der Waals surface area (Å²) < 4.78 is 26.8. The molecule has 1 aliphatic carbocycles. The maximum absolute atomic E-state index is 12.9. The number of piperidine rings is 2. The van der Waals surface area contributed by atoms with E-state index >= 15 is 0 Å². The van der Waals surface area contributed by atoms with E-state index in [1.54, 1.807) is 4.31 Å². The lowest BCUT2D eigenvalue weighted by atomic mass is 9.68. The first-order chi connectivity index (χ1) is 12.5. The first-order valence-corrected chi connectivity index (χ1v) is 11.3. The monoisotopic (exact) mass is 376 g/mol. The standard InChI is InChI=1S/C20H28N2O3S/c1-2-21-15-20(14-18(19(21)23)16-6-4-3-5-7-16)10-12-22(13-11-20)26(24,25)17-8-9-17/h3-7,17-18H,2,8-15H2,1H3/t18-/m1/s1. The van der Waals surface area contributed by atoms with Crippen LogP contribution in [0.25, 0.3) is 0 Å². The highest BCUT2D eigenvalue weighted by Gasteiger charge is 2.48. The van der Waals surface area contributed by atoms with E-state index in [1.165, 1.54) is 0 Å². The molecule has 2 aliphatic heterocycles. The van der Waals surface area contributed by atoms with Crippen molar-refractivity contribution in [2.45, 2.75) is 50.2 Å². The molecular weight excluding hydrogens is 348 g/mol. The summed E-state index contributed by atoms with van der Waals surface area (Å²) in [7, 11) is -3.09. The van der Waals surface area contributed by atoms with Crippen molar-refractivity contribution in [1.29, 1.82) is 0 Å². The zero-order chi connectivity index (χ0) is 18.4. The van der Waals surface area contributed by atoms with Gasteiger partial charge in [0.15, 0.2) is 0 Å². The van der Waals surface area contributed by atoms with Gasteiger partial charge >= 0.3 is 0 Å². The summed E-state index contributed by atoms with van der Waals surface area (Å²) in [6, 6.07) is 10.0. The largest absolute Gasteiger partial charge is 0.342 e. The molecule has 1 aromatic rings. The van der Waals surface area contributed by atoms with Gasteiger partial charge < -0.3 is 4.90 Å². The van der Waals surface area contributed by atoms with Crippen LogP contribution in [0.3, 0.4) is 0 Å². The van der Waals surface area contributed by atoms with Crippen molar-refractivity contribution >= 4 is 15.9 Å². The highest BCUT2D eigenvalue weighted by molar-refractivity contribution is 7.90. The lowest BCUT2D eigenvalue weighted by Crippen LogP contribution is -2.54. The number of carbonyl (C=O) groups excluding carboxylic acids is 1. The maximum Gasteiger partial charge on any atom is 0.230 e. The smallest absolute Gasteiger partial charge is 0.230 e. The van der Waals surface area contributed by atoms with Gasteiger partial charge in [-0.1, -0.05) is 30.3 Å². The quantitative estimate of drug-likeness (QED) is 0.812. The van der Waals surface area contributed by atoms with Crippen molar-refractivity contribution in [2.24, 2.45) is 5.41 Å². The van der Waals surface area contributed by atoms with Gasteiger partial charge in [0.1, 0.15) is 0 Å². The summed E-state index contributed by atoms with van der Waals surface area (Å²) in [5.74, 6) is 0.119. The molecule has 5 nitrogen and oxygen atoms in total. The van der Waals surface area contributed by atoms with Crippen LogP contribution in [0.5, 0.6) is 0 Å².